The van der Waals surface area contributed by atoms with Crippen molar-refractivity contribution in [2.75, 3.05) is 0 Å². The Balaban J connectivity index is 1.72. The second-order valence-electron chi connectivity index (χ2n) is 7.58. The van der Waals surface area contributed by atoms with Gasteiger partial charge in [0.25, 0.3) is 0 Å². The third-order valence-electron chi connectivity index (χ3n) is 5.16. The highest BCUT2D eigenvalue weighted by Gasteiger charge is 2.52. The van der Waals surface area contributed by atoms with Crippen molar-refractivity contribution < 1.29 is 9.31 Å². The van der Waals surface area contributed by atoms with Crippen molar-refractivity contribution in [2.24, 2.45) is 5.41 Å². The van der Waals surface area contributed by atoms with Crippen molar-refractivity contribution in [1.29, 1.82) is 5.26 Å². The van der Waals surface area contributed by atoms with E-state index in [4.69, 9.17) is 14.6 Å². The summed E-state index contributed by atoms with van der Waals surface area (Å²) in [6, 6.07) is 2.68. The van der Waals surface area contributed by atoms with Crippen molar-refractivity contribution in [2.45, 2.75) is 64.7 Å². The van der Waals surface area contributed by atoms with Crippen LogP contribution in [0.2, 0.25) is 0 Å². The molecule has 5 nitrogen and oxygen atoms in total. The highest BCUT2D eigenvalue weighted by molar-refractivity contribution is 6.62. The Labute approximate surface area is 126 Å². The first-order valence-electron chi connectivity index (χ1n) is 7.47. The third-order valence-corrected chi connectivity index (χ3v) is 5.16. The monoisotopic (exact) mass is 287 g/mol. The summed E-state index contributed by atoms with van der Waals surface area (Å²) in [6.07, 6.45) is 5.51. The van der Waals surface area contributed by atoms with E-state index in [0.29, 0.717) is 6.04 Å². The maximum absolute atomic E-state index is 9.08. The molecule has 112 valence electrons. The number of hydrogen-bond donors (Lipinski definition) is 0. The smallest absolute Gasteiger partial charge is 0.399 e. The Kier molecular flexibility index (Phi) is 3.02. The van der Waals surface area contributed by atoms with Gasteiger partial charge in [0.15, 0.2) is 0 Å². The lowest BCUT2D eigenvalue weighted by Gasteiger charge is -2.39. The third kappa shape index (κ3) is 2.29. The maximum Gasteiger partial charge on any atom is 0.498 e. The molecule has 1 aromatic heterocycles. The van der Waals surface area contributed by atoms with Gasteiger partial charge in [-0.1, -0.05) is 0 Å². The van der Waals surface area contributed by atoms with E-state index in [2.05, 4.69) is 11.2 Å². The van der Waals surface area contributed by atoms with Gasteiger partial charge in [-0.25, -0.2) is 0 Å². The van der Waals surface area contributed by atoms with E-state index in [1.165, 1.54) is 0 Å². The quantitative estimate of drug-likeness (QED) is 0.781. The molecule has 0 bridgehead atoms. The number of rotatable bonds is 2. The average Bonchev–Trinajstić information content (AvgIpc) is 2.89. The second kappa shape index (κ2) is 4.34. The van der Waals surface area contributed by atoms with Gasteiger partial charge < -0.3 is 9.31 Å². The van der Waals surface area contributed by atoms with Gasteiger partial charge in [-0.15, -0.1) is 0 Å². The van der Waals surface area contributed by atoms with E-state index in [9.17, 15) is 0 Å². The van der Waals surface area contributed by atoms with Crippen molar-refractivity contribution in [3.8, 4) is 6.07 Å². The fourth-order valence-electron chi connectivity index (χ4n) is 2.91. The molecular formula is C15H22BN3O2. The van der Waals surface area contributed by atoms with Crippen LogP contribution >= 0.6 is 0 Å². The molecule has 2 heterocycles. The van der Waals surface area contributed by atoms with Crippen molar-refractivity contribution in [1.82, 2.24) is 9.78 Å². The van der Waals surface area contributed by atoms with Gasteiger partial charge >= 0.3 is 7.12 Å². The van der Waals surface area contributed by atoms with Gasteiger partial charge in [-0.3, -0.25) is 4.68 Å². The molecule has 0 N–H and O–H groups in total. The van der Waals surface area contributed by atoms with Gasteiger partial charge in [-0.05, 0) is 47.5 Å². The summed E-state index contributed by atoms with van der Waals surface area (Å²) in [6.45, 7) is 10.2. The zero-order valence-electron chi connectivity index (χ0n) is 13.4. The maximum atomic E-state index is 9.08. The Hall–Kier alpha value is -1.32. The van der Waals surface area contributed by atoms with Crippen molar-refractivity contribution in [3.05, 3.63) is 12.4 Å². The second-order valence-corrected chi connectivity index (χ2v) is 7.58. The number of nitriles is 1. The lowest BCUT2D eigenvalue weighted by molar-refractivity contribution is 0.00578. The molecule has 1 aliphatic heterocycles. The molecule has 0 radical (unpaired) electrons. The van der Waals surface area contributed by atoms with Crippen LogP contribution in [0.3, 0.4) is 0 Å². The van der Waals surface area contributed by atoms with Crippen LogP contribution in [-0.4, -0.2) is 28.1 Å². The molecule has 21 heavy (non-hydrogen) atoms. The molecule has 1 aliphatic carbocycles. The Morgan fingerprint density at radius 1 is 1.24 bits per heavy atom. The van der Waals surface area contributed by atoms with Crippen LogP contribution in [0.1, 0.15) is 53.5 Å². The molecule has 6 heteroatoms. The van der Waals surface area contributed by atoms with E-state index in [1.807, 2.05) is 51.7 Å². The predicted octanol–water partition coefficient (Wildman–Crippen LogP) is 2.05. The zero-order chi connectivity index (χ0) is 15.5. The molecular weight excluding hydrogens is 265 g/mol. The molecule has 0 spiro atoms. The summed E-state index contributed by atoms with van der Waals surface area (Å²) in [5, 5.41) is 13.5. The van der Waals surface area contributed by atoms with Gasteiger partial charge in [0.2, 0.25) is 0 Å². The van der Waals surface area contributed by atoms with Crippen LogP contribution in [0, 0.1) is 16.7 Å². The summed E-state index contributed by atoms with van der Waals surface area (Å²) in [5.41, 5.74) is 0.0750. The van der Waals surface area contributed by atoms with Gasteiger partial charge in [0.05, 0.1) is 28.7 Å². The van der Waals surface area contributed by atoms with Crippen molar-refractivity contribution >= 4 is 12.6 Å². The summed E-state index contributed by atoms with van der Waals surface area (Å²) in [4.78, 5) is 0. The molecule has 1 aromatic rings. The van der Waals surface area contributed by atoms with E-state index < -0.39 is 0 Å². The summed E-state index contributed by atoms with van der Waals surface area (Å²) < 4.78 is 14.0. The summed E-state index contributed by atoms with van der Waals surface area (Å²) in [7, 11) is -0.369. The molecule has 1 saturated heterocycles. The first kappa shape index (κ1) is 14.6. The number of aromatic nitrogens is 2. The molecule has 0 amide bonds. The van der Waals surface area contributed by atoms with E-state index >= 15 is 0 Å². The first-order chi connectivity index (χ1) is 9.66. The lowest BCUT2D eigenvalue weighted by atomic mass is 9.68. The van der Waals surface area contributed by atoms with E-state index in [-0.39, 0.29) is 23.7 Å². The minimum atomic E-state index is -0.369. The Morgan fingerprint density at radius 3 is 2.33 bits per heavy atom. The highest BCUT2D eigenvalue weighted by Crippen LogP contribution is 2.47. The fraction of sp³-hybridized carbons (Fsp3) is 0.733. The van der Waals surface area contributed by atoms with Gasteiger partial charge in [-0.2, -0.15) is 10.4 Å². The van der Waals surface area contributed by atoms with Gasteiger partial charge in [0, 0.05) is 17.9 Å². The van der Waals surface area contributed by atoms with Gasteiger partial charge in [0.1, 0.15) is 0 Å². The minimum Gasteiger partial charge on any atom is -0.399 e. The number of hydrogen-bond acceptors (Lipinski definition) is 4. The largest absolute Gasteiger partial charge is 0.498 e. The van der Waals surface area contributed by atoms with Crippen LogP contribution in [0.15, 0.2) is 12.4 Å². The predicted molar refractivity (Wildman–Crippen MR) is 79.9 cm³/mol. The topological polar surface area (TPSA) is 60.1 Å². The highest BCUT2D eigenvalue weighted by atomic mass is 16.7. The normalized spacial score (nSPS) is 33.5. The molecule has 1 saturated carbocycles. The molecule has 2 aliphatic rings. The van der Waals surface area contributed by atoms with E-state index in [0.717, 1.165) is 18.3 Å². The molecule has 2 fully saturated rings. The summed E-state index contributed by atoms with van der Waals surface area (Å²) >= 11 is 0. The summed E-state index contributed by atoms with van der Waals surface area (Å²) in [5.74, 6) is 0. The van der Waals surface area contributed by atoms with Crippen LogP contribution in [0.4, 0.5) is 0 Å². The molecule has 0 aromatic carbocycles. The first-order valence-corrected chi connectivity index (χ1v) is 7.47. The SMILES string of the molecule is CC1(C#N)CC(n2cc(B3OC(C)(C)C(C)(C)O3)cn2)C1. The average molecular weight is 287 g/mol. The van der Waals surface area contributed by atoms with Crippen molar-refractivity contribution in [3.63, 3.8) is 0 Å². The van der Waals surface area contributed by atoms with Crippen LogP contribution < -0.4 is 5.46 Å². The molecule has 3 rings (SSSR count). The Morgan fingerprint density at radius 2 is 1.81 bits per heavy atom. The standard InChI is InChI=1S/C15H22BN3O2/c1-13(2)14(3,4)21-16(20-13)11-8-18-19(9-11)12-6-15(5,7-12)10-17/h8-9,12H,6-7H2,1-5H3. The van der Waals surface area contributed by atoms with Crippen LogP contribution in [0.25, 0.3) is 0 Å². The number of nitrogens with zero attached hydrogens (tertiary/aromatic N) is 3. The van der Waals surface area contributed by atoms with Crippen LogP contribution in [-0.2, 0) is 9.31 Å². The minimum absolute atomic E-state index is 0.193. The van der Waals surface area contributed by atoms with E-state index in [1.54, 1.807) is 0 Å². The lowest BCUT2D eigenvalue weighted by Crippen LogP contribution is -2.41. The van der Waals surface area contributed by atoms with Crippen LogP contribution in [0.5, 0.6) is 0 Å². The molecule has 0 atom stereocenters. The Bertz CT molecular complexity index is 580. The fourth-order valence-corrected chi connectivity index (χ4v) is 2.91. The zero-order valence-corrected chi connectivity index (χ0v) is 13.4. The molecule has 0 unspecified atom stereocenters.